The van der Waals surface area contributed by atoms with Crippen molar-refractivity contribution in [3.8, 4) is 0 Å². The van der Waals surface area contributed by atoms with E-state index >= 15 is 0 Å². The number of nitrogens with zero attached hydrogens (tertiary/aromatic N) is 4. The number of thiol groups is 1. The molecule has 0 aliphatic carbocycles. The van der Waals surface area contributed by atoms with E-state index in [2.05, 4.69) is 49.1 Å². The van der Waals surface area contributed by atoms with Crippen molar-refractivity contribution in [2.24, 2.45) is 21.8 Å². The third-order valence-electron chi connectivity index (χ3n) is 7.81. The lowest BCUT2D eigenvalue weighted by Crippen LogP contribution is -2.41. The van der Waals surface area contributed by atoms with Crippen LogP contribution in [0.15, 0.2) is 4.58 Å². The molecule has 0 saturated carbocycles. The molecular formula is C32H65N13O7S2. The van der Waals surface area contributed by atoms with Crippen LogP contribution in [0.2, 0.25) is 0 Å². The van der Waals surface area contributed by atoms with Gasteiger partial charge in [0.2, 0.25) is 35.4 Å². The summed E-state index contributed by atoms with van der Waals surface area (Å²) in [6.45, 7) is 7.03. The highest BCUT2D eigenvalue weighted by Crippen LogP contribution is 2.00. The quantitative estimate of drug-likeness (QED) is 0.0126. The molecule has 6 amide bonds. The second kappa shape index (κ2) is 35.6. The van der Waals surface area contributed by atoms with Crippen molar-refractivity contribution >= 4 is 60.0 Å². The van der Waals surface area contributed by atoms with E-state index < -0.39 is 0 Å². The summed E-state index contributed by atoms with van der Waals surface area (Å²) in [7, 11) is 0. The van der Waals surface area contributed by atoms with Gasteiger partial charge in [0.15, 0.2) is 0 Å². The fraction of sp³-hybridized carbons (Fsp3) is 0.812. The minimum absolute atomic E-state index is 0.138. The van der Waals surface area contributed by atoms with Crippen molar-refractivity contribution < 1.29 is 28.8 Å². The standard InChI is InChI=1S/C32H65N13O7S2/c33-7-10-36-27(46)1-16-43(17-2-28(47)37-11-8-34)22-13-39-30(49)5-20-45(24-25-53)21-6-31(50)40-14-23-44(18-3-29(48)38-12-9-35)19-4-32(51)41-15-26-54-42-52/h53H,1-26,33-35H2,(H,36,46)(H,37,47)(H,38,48)(H,39,49)(H,40,50)(H,41,51). The summed E-state index contributed by atoms with van der Waals surface area (Å²) in [5.41, 5.74) is 16.3. The number of hydrogen-bond donors (Lipinski definition) is 10. The molecule has 0 aromatic heterocycles. The Balaban J connectivity index is 4.78. The predicted octanol–water partition coefficient (Wildman–Crippen LogP) is -3.85. The van der Waals surface area contributed by atoms with E-state index in [-0.39, 0.29) is 74.0 Å². The Morgan fingerprint density at radius 1 is 0.444 bits per heavy atom. The second-order valence-corrected chi connectivity index (χ2v) is 13.4. The molecule has 0 bridgehead atoms. The molecule has 0 saturated heterocycles. The molecule has 54 heavy (non-hydrogen) atoms. The number of nitrogens with two attached hydrogens (primary N) is 3. The van der Waals surface area contributed by atoms with Gasteiger partial charge in [-0.05, 0) is 0 Å². The van der Waals surface area contributed by atoms with Gasteiger partial charge >= 0.3 is 0 Å². The van der Waals surface area contributed by atoms with Crippen LogP contribution in [-0.2, 0) is 28.8 Å². The molecule has 22 heteroatoms. The molecular weight excluding hydrogens is 743 g/mol. The average molecular weight is 808 g/mol. The molecule has 0 unspecified atom stereocenters. The first kappa shape index (κ1) is 50.9. The molecule has 0 spiro atoms. The van der Waals surface area contributed by atoms with Crippen LogP contribution in [0.25, 0.3) is 0 Å². The fourth-order valence-corrected chi connectivity index (χ4v) is 5.40. The Kier molecular flexibility index (Phi) is 33.5. The molecule has 0 aliphatic rings. The van der Waals surface area contributed by atoms with Gasteiger partial charge in [0, 0.05) is 184 Å². The SMILES string of the molecule is NCCNC(=O)CCN(CCNC(=O)CCN(CCS)CCC(=O)NCCN(CCC(=O)NCCN)CCC(=O)NCCSN=O)CCC(=O)NCCN. The largest absolute Gasteiger partial charge is 0.355 e. The summed E-state index contributed by atoms with van der Waals surface area (Å²) in [5.74, 6) is -0.0272. The Hall–Kier alpha value is -3.12. The summed E-state index contributed by atoms with van der Waals surface area (Å²) in [6.07, 6.45) is 1.29. The number of rotatable bonds is 36. The van der Waals surface area contributed by atoms with Gasteiger partial charge in [-0.25, -0.2) is 0 Å². The van der Waals surface area contributed by atoms with Gasteiger partial charge in [-0.15, -0.1) is 4.91 Å². The van der Waals surface area contributed by atoms with Crippen molar-refractivity contribution in [1.82, 2.24) is 46.6 Å². The van der Waals surface area contributed by atoms with E-state index in [1.165, 1.54) is 0 Å². The van der Waals surface area contributed by atoms with Crippen LogP contribution < -0.4 is 49.1 Å². The normalized spacial score (nSPS) is 11.0. The Labute approximate surface area is 329 Å². The highest BCUT2D eigenvalue weighted by Gasteiger charge is 2.15. The monoisotopic (exact) mass is 807 g/mol. The third kappa shape index (κ3) is 31.3. The lowest BCUT2D eigenvalue weighted by molar-refractivity contribution is -0.123. The molecule has 0 aromatic rings. The van der Waals surface area contributed by atoms with E-state index in [4.69, 9.17) is 17.2 Å². The maximum Gasteiger partial charge on any atom is 0.221 e. The average Bonchev–Trinajstić information content (AvgIpc) is 3.16. The van der Waals surface area contributed by atoms with Gasteiger partial charge in [-0.2, -0.15) is 12.6 Å². The summed E-state index contributed by atoms with van der Waals surface area (Å²) < 4.78 is 2.69. The Morgan fingerprint density at radius 2 is 0.722 bits per heavy atom. The molecule has 20 nitrogen and oxygen atoms in total. The predicted molar refractivity (Wildman–Crippen MR) is 214 cm³/mol. The van der Waals surface area contributed by atoms with Gasteiger partial charge < -0.3 is 63.8 Å². The van der Waals surface area contributed by atoms with Crippen molar-refractivity contribution in [3.63, 3.8) is 0 Å². The van der Waals surface area contributed by atoms with Crippen molar-refractivity contribution in [2.45, 2.75) is 38.5 Å². The van der Waals surface area contributed by atoms with Crippen LogP contribution in [-0.4, -0.2) is 179 Å². The maximum atomic E-state index is 12.7. The van der Waals surface area contributed by atoms with Gasteiger partial charge in [-0.3, -0.25) is 28.8 Å². The van der Waals surface area contributed by atoms with E-state index in [1.807, 2.05) is 14.7 Å². The number of carbonyl (C=O) groups excluding carboxylic acids is 6. The number of amides is 6. The zero-order valence-electron chi connectivity index (χ0n) is 31.6. The number of hydrogen-bond acceptors (Lipinski definition) is 16. The molecule has 0 radical (unpaired) electrons. The molecule has 0 rings (SSSR count). The van der Waals surface area contributed by atoms with E-state index in [1.54, 1.807) is 0 Å². The van der Waals surface area contributed by atoms with Crippen LogP contribution in [0.5, 0.6) is 0 Å². The van der Waals surface area contributed by atoms with Gasteiger partial charge in [0.1, 0.15) is 0 Å². The molecule has 0 aromatic carbocycles. The fourth-order valence-electron chi connectivity index (χ4n) is 4.85. The minimum atomic E-state index is -0.191. The van der Waals surface area contributed by atoms with Crippen LogP contribution in [0, 0.1) is 4.91 Å². The van der Waals surface area contributed by atoms with Gasteiger partial charge in [0.25, 0.3) is 0 Å². The van der Waals surface area contributed by atoms with Crippen molar-refractivity contribution in [3.05, 3.63) is 4.91 Å². The highest BCUT2D eigenvalue weighted by molar-refractivity contribution is 7.97. The molecule has 12 N–H and O–H groups in total. The van der Waals surface area contributed by atoms with E-state index in [0.717, 1.165) is 11.9 Å². The highest BCUT2D eigenvalue weighted by atomic mass is 32.2. The van der Waals surface area contributed by atoms with Crippen molar-refractivity contribution in [1.29, 1.82) is 0 Å². The molecule has 312 valence electrons. The number of nitroso groups, excluding NO2 is 1. The molecule has 0 aliphatic heterocycles. The van der Waals surface area contributed by atoms with E-state index in [9.17, 15) is 33.7 Å². The van der Waals surface area contributed by atoms with Gasteiger partial charge in [-0.1, -0.05) is 0 Å². The first-order chi connectivity index (χ1) is 26.1. The summed E-state index contributed by atoms with van der Waals surface area (Å²) in [4.78, 5) is 89.9. The lowest BCUT2D eigenvalue weighted by atomic mass is 10.3. The Bertz CT molecular complexity index is 1060. The lowest BCUT2D eigenvalue weighted by Gasteiger charge is -2.23. The Morgan fingerprint density at radius 3 is 1.00 bits per heavy atom. The van der Waals surface area contributed by atoms with Crippen molar-refractivity contribution in [2.75, 3.05) is 129 Å². The topological polar surface area (TPSA) is 292 Å². The molecule has 0 atom stereocenters. The first-order valence-electron chi connectivity index (χ1n) is 18.5. The zero-order valence-corrected chi connectivity index (χ0v) is 33.3. The van der Waals surface area contributed by atoms with Crippen LogP contribution in [0.3, 0.4) is 0 Å². The van der Waals surface area contributed by atoms with E-state index in [0.29, 0.717) is 129 Å². The zero-order chi connectivity index (χ0) is 40.2. The second-order valence-electron chi connectivity index (χ2n) is 12.1. The smallest absolute Gasteiger partial charge is 0.221 e. The third-order valence-corrected chi connectivity index (χ3v) is 8.51. The summed E-state index contributed by atoms with van der Waals surface area (Å²) in [5, 5.41) is 16.7. The molecule has 0 fully saturated rings. The maximum absolute atomic E-state index is 12.7. The molecule has 0 heterocycles. The number of carbonyl (C=O) groups is 6. The number of nitrogens with one attached hydrogen (secondary N) is 6. The van der Waals surface area contributed by atoms with Crippen LogP contribution in [0.1, 0.15) is 38.5 Å². The van der Waals surface area contributed by atoms with Crippen LogP contribution >= 0.6 is 24.6 Å². The summed E-state index contributed by atoms with van der Waals surface area (Å²) >= 11 is 5.15. The first-order valence-corrected chi connectivity index (χ1v) is 20.1. The summed E-state index contributed by atoms with van der Waals surface area (Å²) in [6, 6.07) is 0. The van der Waals surface area contributed by atoms with Crippen LogP contribution in [0.4, 0.5) is 0 Å². The minimum Gasteiger partial charge on any atom is -0.355 e. The van der Waals surface area contributed by atoms with Gasteiger partial charge in [0.05, 0.1) is 0 Å².